The Balaban J connectivity index is 1.39. The Hall–Kier alpha value is -2.39. The van der Waals surface area contributed by atoms with E-state index in [1.54, 1.807) is 0 Å². The first-order chi connectivity index (χ1) is 11.9. The Kier molecular flexibility index (Phi) is 4.43. The minimum atomic E-state index is 0.574. The zero-order valence-electron chi connectivity index (χ0n) is 13.7. The number of imidazole rings is 1. The number of ether oxygens (including phenoxy) is 1. The van der Waals surface area contributed by atoms with E-state index in [9.17, 15) is 0 Å². The van der Waals surface area contributed by atoms with Gasteiger partial charge in [-0.25, -0.2) is 4.98 Å². The molecule has 3 aromatic rings. The summed E-state index contributed by atoms with van der Waals surface area (Å²) >= 11 is 0. The van der Waals surface area contributed by atoms with Crippen molar-refractivity contribution in [1.29, 1.82) is 0 Å². The quantitative estimate of drug-likeness (QED) is 0.757. The fourth-order valence-electron chi connectivity index (χ4n) is 3.49. The number of aromatic nitrogens is 2. The molecule has 122 valence electrons. The molecule has 0 saturated heterocycles. The van der Waals surface area contributed by atoms with E-state index in [1.807, 2.05) is 6.33 Å². The fraction of sp³-hybridized carbons (Fsp3) is 0.286. The van der Waals surface area contributed by atoms with Gasteiger partial charge >= 0.3 is 0 Å². The molecule has 0 saturated carbocycles. The third-order valence-corrected chi connectivity index (χ3v) is 4.81. The molecule has 1 aliphatic rings. The summed E-state index contributed by atoms with van der Waals surface area (Å²) in [6, 6.07) is 19.0. The molecule has 0 radical (unpaired) electrons. The molecule has 1 atom stereocenters. The van der Waals surface area contributed by atoms with Crippen molar-refractivity contribution in [2.75, 3.05) is 6.61 Å². The van der Waals surface area contributed by atoms with Crippen LogP contribution in [0.1, 0.15) is 23.4 Å². The maximum atomic E-state index is 6.07. The van der Waals surface area contributed by atoms with Crippen LogP contribution in [0.4, 0.5) is 0 Å². The third-order valence-electron chi connectivity index (χ3n) is 4.81. The van der Waals surface area contributed by atoms with Crippen molar-refractivity contribution in [3.8, 4) is 11.1 Å². The molecule has 1 heterocycles. The highest BCUT2D eigenvalue weighted by molar-refractivity contribution is 5.67. The summed E-state index contributed by atoms with van der Waals surface area (Å²) in [6.07, 6.45) is 5.10. The average molecular weight is 318 g/mol. The molecule has 0 aliphatic heterocycles. The molecule has 4 rings (SSSR count). The predicted octanol–water partition coefficient (Wildman–Crippen LogP) is 4.40. The molecule has 1 aliphatic carbocycles. The Morgan fingerprint density at radius 2 is 1.88 bits per heavy atom. The van der Waals surface area contributed by atoms with Crippen LogP contribution in [0.3, 0.4) is 0 Å². The lowest BCUT2D eigenvalue weighted by Gasteiger charge is -2.21. The van der Waals surface area contributed by atoms with Gasteiger partial charge in [-0.3, -0.25) is 0 Å². The summed E-state index contributed by atoms with van der Waals surface area (Å²) < 4.78 is 6.07. The van der Waals surface area contributed by atoms with Crippen LogP contribution in [0.2, 0.25) is 0 Å². The van der Waals surface area contributed by atoms with Crippen LogP contribution < -0.4 is 0 Å². The molecule has 24 heavy (non-hydrogen) atoms. The van der Waals surface area contributed by atoms with Gasteiger partial charge in [0.2, 0.25) is 0 Å². The maximum Gasteiger partial charge on any atom is 0.0925 e. The number of nitrogens with zero attached hydrogens (tertiary/aromatic N) is 1. The fourth-order valence-corrected chi connectivity index (χ4v) is 3.49. The number of fused-ring (bicyclic) bond motifs is 1. The van der Waals surface area contributed by atoms with Gasteiger partial charge in [0.15, 0.2) is 0 Å². The molecule has 3 heteroatoms. The van der Waals surface area contributed by atoms with Gasteiger partial charge in [-0.15, -0.1) is 0 Å². The Morgan fingerprint density at radius 3 is 2.79 bits per heavy atom. The first-order valence-electron chi connectivity index (χ1n) is 8.62. The zero-order chi connectivity index (χ0) is 16.2. The van der Waals surface area contributed by atoms with Crippen LogP contribution in [0.15, 0.2) is 60.9 Å². The van der Waals surface area contributed by atoms with Crippen molar-refractivity contribution in [2.24, 2.45) is 5.92 Å². The summed E-state index contributed by atoms with van der Waals surface area (Å²) in [6.45, 7) is 1.46. The molecule has 1 N–H and O–H groups in total. The number of rotatable bonds is 5. The van der Waals surface area contributed by atoms with Crippen LogP contribution in [0, 0.1) is 5.92 Å². The van der Waals surface area contributed by atoms with Gasteiger partial charge in [0.1, 0.15) is 0 Å². The number of hydrogen-bond donors (Lipinski definition) is 1. The highest BCUT2D eigenvalue weighted by atomic mass is 16.5. The second kappa shape index (κ2) is 7.02. The van der Waals surface area contributed by atoms with E-state index in [4.69, 9.17) is 4.74 Å². The number of aromatic amines is 1. The van der Waals surface area contributed by atoms with Crippen LogP contribution in [0.25, 0.3) is 11.1 Å². The minimum absolute atomic E-state index is 0.574. The van der Waals surface area contributed by atoms with E-state index < -0.39 is 0 Å². The summed E-state index contributed by atoms with van der Waals surface area (Å²) in [5.74, 6) is 0.574. The average Bonchev–Trinajstić information content (AvgIpc) is 3.11. The number of H-pyrrole nitrogens is 1. The Bertz CT molecular complexity index is 794. The normalized spacial score (nSPS) is 16.8. The summed E-state index contributed by atoms with van der Waals surface area (Å²) in [4.78, 5) is 7.65. The van der Waals surface area contributed by atoms with Crippen LogP contribution in [0.5, 0.6) is 0 Å². The monoisotopic (exact) mass is 318 g/mol. The number of nitrogens with one attached hydrogen (secondary N) is 1. The highest BCUT2D eigenvalue weighted by Crippen LogP contribution is 2.26. The lowest BCUT2D eigenvalue weighted by molar-refractivity contribution is 0.0821. The smallest absolute Gasteiger partial charge is 0.0925 e. The van der Waals surface area contributed by atoms with Crippen LogP contribution in [-0.4, -0.2) is 16.6 Å². The zero-order valence-corrected chi connectivity index (χ0v) is 13.7. The van der Waals surface area contributed by atoms with Crippen molar-refractivity contribution < 1.29 is 4.74 Å². The first-order valence-corrected chi connectivity index (χ1v) is 8.62. The lowest BCUT2D eigenvalue weighted by atomic mass is 9.90. The van der Waals surface area contributed by atoms with Gasteiger partial charge in [-0.2, -0.15) is 0 Å². The summed E-state index contributed by atoms with van der Waals surface area (Å²) in [5, 5.41) is 0. The molecule has 1 unspecified atom stereocenters. The number of benzene rings is 2. The molecular weight excluding hydrogens is 296 g/mol. The van der Waals surface area contributed by atoms with Crippen LogP contribution >= 0.6 is 0 Å². The van der Waals surface area contributed by atoms with Gasteiger partial charge in [0, 0.05) is 5.69 Å². The third kappa shape index (κ3) is 3.26. The van der Waals surface area contributed by atoms with Crippen molar-refractivity contribution in [2.45, 2.75) is 25.9 Å². The van der Waals surface area contributed by atoms with E-state index in [2.05, 4.69) is 64.6 Å². The summed E-state index contributed by atoms with van der Waals surface area (Å²) in [5.41, 5.74) is 6.28. The second-order valence-electron chi connectivity index (χ2n) is 6.47. The molecule has 0 fully saturated rings. The summed E-state index contributed by atoms with van der Waals surface area (Å²) in [7, 11) is 0. The first kappa shape index (κ1) is 15.2. The van der Waals surface area contributed by atoms with Gasteiger partial charge < -0.3 is 9.72 Å². The van der Waals surface area contributed by atoms with E-state index in [0.717, 1.165) is 19.4 Å². The van der Waals surface area contributed by atoms with Crippen molar-refractivity contribution in [3.05, 3.63) is 77.9 Å². The molecule has 0 spiro atoms. The van der Waals surface area contributed by atoms with Crippen molar-refractivity contribution >= 4 is 0 Å². The standard InChI is InChI=1S/C21H22N2O/c1-2-6-17(7-3-1)19-9-5-4-8-18(19)14-24-13-16-10-11-20-21(12-16)23-15-22-20/h1-9,15-16H,10-14H2,(H,22,23). The molecular formula is C21H22N2O. The lowest BCUT2D eigenvalue weighted by Crippen LogP contribution is -2.19. The minimum Gasteiger partial charge on any atom is -0.376 e. The topological polar surface area (TPSA) is 37.9 Å². The van der Waals surface area contributed by atoms with Gasteiger partial charge in [-0.1, -0.05) is 54.6 Å². The van der Waals surface area contributed by atoms with Gasteiger partial charge in [-0.05, 0) is 41.9 Å². The number of aryl methyl sites for hydroxylation is 1. The number of hydrogen-bond acceptors (Lipinski definition) is 2. The van der Waals surface area contributed by atoms with E-state index in [0.29, 0.717) is 12.5 Å². The molecule has 0 amide bonds. The van der Waals surface area contributed by atoms with Gasteiger partial charge in [0.25, 0.3) is 0 Å². The van der Waals surface area contributed by atoms with E-state index >= 15 is 0 Å². The highest BCUT2D eigenvalue weighted by Gasteiger charge is 2.20. The molecule has 0 bridgehead atoms. The molecule has 1 aromatic heterocycles. The Labute approximate surface area is 142 Å². The van der Waals surface area contributed by atoms with E-state index in [1.165, 1.54) is 34.5 Å². The maximum absolute atomic E-state index is 6.07. The van der Waals surface area contributed by atoms with Gasteiger partial charge in [0.05, 0.1) is 25.2 Å². The molecule has 3 nitrogen and oxygen atoms in total. The van der Waals surface area contributed by atoms with Crippen LogP contribution in [-0.2, 0) is 24.2 Å². The van der Waals surface area contributed by atoms with E-state index in [-0.39, 0.29) is 0 Å². The second-order valence-corrected chi connectivity index (χ2v) is 6.47. The SMILES string of the molecule is c1ccc(-c2ccccc2COCC2CCc3[nH]cnc3C2)cc1. The Morgan fingerprint density at radius 1 is 1.04 bits per heavy atom. The van der Waals surface area contributed by atoms with Crippen molar-refractivity contribution in [1.82, 2.24) is 9.97 Å². The largest absolute Gasteiger partial charge is 0.376 e. The van der Waals surface area contributed by atoms with Crippen molar-refractivity contribution in [3.63, 3.8) is 0 Å². The molecule has 2 aromatic carbocycles. The predicted molar refractivity (Wildman–Crippen MR) is 95.6 cm³/mol.